The van der Waals surface area contributed by atoms with Crippen LogP contribution in [0.15, 0.2) is 21.6 Å². The molecule has 42 valence electrons. The minimum Gasteiger partial charge on any atom is -0.230 e. The molecule has 2 nitrogen and oxygen atoms in total. The average Bonchev–Trinajstić information content (AvgIpc) is 1.77. The quantitative estimate of drug-likeness (QED) is 0.646. The molecule has 0 atom stereocenters. The Balaban J connectivity index is 3.03. The average molecular weight is 238 g/mol. The first-order chi connectivity index (χ1) is 3.79. The van der Waals surface area contributed by atoms with Gasteiger partial charge in [-0.3, -0.25) is 0 Å². The van der Waals surface area contributed by atoms with Crippen molar-refractivity contribution in [2.24, 2.45) is 0 Å². The molecular weight excluding hydrogens is 236 g/mol. The maximum absolute atomic E-state index is 3.84. The first-order valence-electron chi connectivity index (χ1n) is 1.92. The van der Waals surface area contributed by atoms with E-state index < -0.39 is 0 Å². The molecule has 0 amide bonds. The summed E-state index contributed by atoms with van der Waals surface area (Å²) in [6, 6.07) is 0. The highest BCUT2D eigenvalue weighted by Crippen LogP contribution is 2.06. The number of rotatable bonds is 0. The smallest absolute Gasteiger partial charge is 0.196 e. The van der Waals surface area contributed by atoms with Gasteiger partial charge in [0.2, 0.25) is 0 Å². The second kappa shape index (κ2) is 2.55. The molecule has 1 aromatic rings. The first-order valence-corrected chi connectivity index (χ1v) is 3.50. The van der Waals surface area contributed by atoms with E-state index in [0.29, 0.717) is 4.73 Å². The lowest BCUT2D eigenvalue weighted by molar-refractivity contribution is 1.10. The van der Waals surface area contributed by atoms with E-state index in [0.717, 1.165) is 4.47 Å². The fraction of sp³-hybridized carbons (Fsp3) is 0. The molecule has 0 saturated carbocycles. The Morgan fingerprint density at radius 1 is 1.12 bits per heavy atom. The summed E-state index contributed by atoms with van der Waals surface area (Å²) in [5.41, 5.74) is 0. The summed E-state index contributed by atoms with van der Waals surface area (Å²) in [4.78, 5) is 7.67. The van der Waals surface area contributed by atoms with E-state index in [9.17, 15) is 0 Å². The summed E-state index contributed by atoms with van der Waals surface area (Å²) in [5, 5.41) is 0. The van der Waals surface area contributed by atoms with Crippen LogP contribution in [-0.2, 0) is 0 Å². The van der Waals surface area contributed by atoms with Crippen molar-refractivity contribution in [3.05, 3.63) is 21.6 Å². The number of aromatic nitrogens is 2. The topological polar surface area (TPSA) is 25.8 Å². The zero-order valence-corrected chi connectivity index (χ0v) is 6.98. The largest absolute Gasteiger partial charge is 0.230 e. The van der Waals surface area contributed by atoms with Crippen LogP contribution in [0.25, 0.3) is 0 Å². The van der Waals surface area contributed by atoms with Crippen LogP contribution >= 0.6 is 31.9 Å². The predicted molar refractivity (Wildman–Crippen MR) is 37.4 cm³/mol. The molecule has 8 heavy (non-hydrogen) atoms. The van der Waals surface area contributed by atoms with Crippen molar-refractivity contribution in [3.63, 3.8) is 0 Å². The van der Waals surface area contributed by atoms with Gasteiger partial charge in [-0.1, -0.05) is 0 Å². The molecule has 0 radical (unpaired) electrons. The van der Waals surface area contributed by atoms with E-state index in [1.54, 1.807) is 12.4 Å². The third-order valence-corrected chi connectivity index (χ3v) is 1.41. The van der Waals surface area contributed by atoms with Crippen molar-refractivity contribution in [2.45, 2.75) is 0 Å². The zero-order chi connectivity index (χ0) is 5.98. The van der Waals surface area contributed by atoms with Gasteiger partial charge in [0.1, 0.15) is 0 Å². The summed E-state index contributed by atoms with van der Waals surface area (Å²) in [6.45, 7) is 0. The molecule has 0 bridgehead atoms. The molecule has 0 unspecified atom stereocenters. The lowest BCUT2D eigenvalue weighted by atomic mass is 10.7. The Kier molecular flexibility index (Phi) is 1.96. The van der Waals surface area contributed by atoms with Gasteiger partial charge in [-0.2, -0.15) is 0 Å². The lowest BCUT2D eigenvalue weighted by Crippen LogP contribution is -1.77. The van der Waals surface area contributed by atoms with Gasteiger partial charge in [0.05, 0.1) is 4.47 Å². The SMILES string of the molecule is Brc1cnc(Br)nc1. The molecular formula is C4H2Br2N2. The second-order valence-corrected chi connectivity index (χ2v) is 2.80. The van der Waals surface area contributed by atoms with E-state index in [1.165, 1.54) is 0 Å². The van der Waals surface area contributed by atoms with Crippen LogP contribution in [0.5, 0.6) is 0 Å². The highest BCUT2D eigenvalue weighted by Gasteiger charge is 1.85. The number of halogens is 2. The third-order valence-electron chi connectivity index (χ3n) is 0.589. The van der Waals surface area contributed by atoms with Crippen LogP contribution in [0.1, 0.15) is 0 Å². The fourth-order valence-corrected chi connectivity index (χ4v) is 0.706. The van der Waals surface area contributed by atoms with Gasteiger partial charge >= 0.3 is 0 Å². The molecule has 0 aromatic carbocycles. The summed E-state index contributed by atoms with van der Waals surface area (Å²) < 4.78 is 1.50. The molecule has 0 aliphatic heterocycles. The Hall–Kier alpha value is 0.0400. The Bertz CT molecular complexity index is 151. The Morgan fingerprint density at radius 3 is 2.00 bits per heavy atom. The zero-order valence-electron chi connectivity index (χ0n) is 3.81. The predicted octanol–water partition coefficient (Wildman–Crippen LogP) is 2.00. The van der Waals surface area contributed by atoms with Crippen LogP contribution in [0.3, 0.4) is 0 Å². The van der Waals surface area contributed by atoms with Crippen molar-refractivity contribution in [1.29, 1.82) is 0 Å². The molecule has 0 aliphatic carbocycles. The molecule has 0 fully saturated rings. The maximum atomic E-state index is 3.84. The summed E-state index contributed by atoms with van der Waals surface area (Å²) in [6.07, 6.45) is 3.36. The van der Waals surface area contributed by atoms with Crippen LogP contribution in [-0.4, -0.2) is 9.97 Å². The third kappa shape index (κ3) is 1.52. The van der Waals surface area contributed by atoms with E-state index >= 15 is 0 Å². The maximum Gasteiger partial charge on any atom is 0.196 e. The van der Waals surface area contributed by atoms with Gasteiger partial charge < -0.3 is 0 Å². The van der Waals surface area contributed by atoms with E-state index in [4.69, 9.17) is 0 Å². The summed E-state index contributed by atoms with van der Waals surface area (Å²) in [7, 11) is 0. The minimum absolute atomic E-state index is 0.612. The van der Waals surface area contributed by atoms with Crippen molar-refractivity contribution in [1.82, 2.24) is 9.97 Å². The normalized spacial score (nSPS) is 9.25. The van der Waals surface area contributed by atoms with Crippen LogP contribution in [0.4, 0.5) is 0 Å². The molecule has 1 aromatic heterocycles. The number of nitrogens with zero attached hydrogens (tertiary/aromatic N) is 2. The van der Waals surface area contributed by atoms with E-state index in [-0.39, 0.29) is 0 Å². The number of hydrogen-bond donors (Lipinski definition) is 0. The molecule has 0 N–H and O–H groups in total. The van der Waals surface area contributed by atoms with Crippen molar-refractivity contribution >= 4 is 31.9 Å². The minimum atomic E-state index is 0.612. The Labute approximate surface area is 63.6 Å². The van der Waals surface area contributed by atoms with E-state index in [2.05, 4.69) is 41.8 Å². The van der Waals surface area contributed by atoms with Crippen LogP contribution < -0.4 is 0 Å². The highest BCUT2D eigenvalue weighted by atomic mass is 79.9. The van der Waals surface area contributed by atoms with E-state index in [1.807, 2.05) is 0 Å². The molecule has 4 heteroatoms. The van der Waals surface area contributed by atoms with Crippen LogP contribution in [0, 0.1) is 0 Å². The molecule has 1 rings (SSSR count). The summed E-state index contributed by atoms with van der Waals surface area (Å²) in [5.74, 6) is 0. The second-order valence-electron chi connectivity index (χ2n) is 1.17. The Morgan fingerprint density at radius 2 is 1.62 bits per heavy atom. The van der Waals surface area contributed by atoms with Crippen molar-refractivity contribution < 1.29 is 0 Å². The summed E-state index contributed by atoms with van der Waals surface area (Å²) >= 11 is 6.30. The van der Waals surface area contributed by atoms with Gasteiger partial charge in [-0.15, -0.1) is 0 Å². The molecule has 0 spiro atoms. The van der Waals surface area contributed by atoms with Gasteiger partial charge in [0.15, 0.2) is 4.73 Å². The van der Waals surface area contributed by atoms with Gasteiger partial charge in [-0.05, 0) is 31.9 Å². The fourth-order valence-electron chi connectivity index (χ4n) is 0.297. The van der Waals surface area contributed by atoms with Gasteiger partial charge in [-0.25, -0.2) is 9.97 Å². The molecule has 0 saturated heterocycles. The monoisotopic (exact) mass is 236 g/mol. The molecule has 0 aliphatic rings. The van der Waals surface area contributed by atoms with Crippen molar-refractivity contribution in [3.8, 4) is 0 Å². The molecule has 1 heterocycles. The number of hydrogen-bond acceptors (Lipinski definition) is 2. The lowest BCUT2D eigenvalue weighted by Gasteiger charge is -1.85. The van der Waals surface area contributed by atoms with Gasteiger partial charge in [0.25, 0.3) is 0 Å². The van der Waals surface area contributed by atoms with Crippen molar-refractivity contribution in [2.75, 3.05) is 0 Å². The van der Waals surface area contributed by atoms with Gasteiger partial charge in [0, 0.05) is 12.4 Å². The standard InChI is InChI=1S/C4H2Br2N2/c5-3-1-7-4(6)8-2-3/h1-2H. The highest BCUT2D eigenvalue weighted by molar-refractivity contribution is 9.10. The van der Waals surface area contributed by atoms with Crippen LogP contribution in [0.2, 0.25) is 0 Å². The first kappa shape index (κ1) is 6.16.